The average Bonchev–Trinajstić information content (AvgIpc) is 3.24. The first kappa shape index (κ1) is 13.0. The Morgan fingerprint density at radius 2 is 2.16 bits per heavy atom. The van der Waals surface area contributed by atoms with E-state index in [2.05, 4.69) is 29.2 Å². The number of nitrogens with one attached hydrogen (secondary N) is 1. The van der Waals surface area contributed by atoms with Crippen LogP contribution in [-0.2, 0) is 0 Å². The van der Waals surface area contributed by atoms with Crippen LogP contribution >= 0.6 is 11.8 Å². The number of anilines is 2. The first-order valence-electron chi connectivity index (χ1n) is 6.90. The van der Waals surface area contributed by atoms with E-state index in [1.807, 2.05) is 11.8 Å². The Hall–Kier alpha value is -1.01. The van der Waals surface area contributed by atoms with Crippen LogP contribution in [0.4, 0.5) is 11.6 Å². The minimum atomic E-state index is 0.519. The first-order valence-corrected chi connectivity index (χ1v) is 8.05. The van der Waals surface area contributed by atoms with Crippen molar-refractivity contribution in [2.75, 3.05) is 28.4 Å². The van der Waals surface area contributed by atoms with E-state index >= 15 is 0 Å². The van der Waals surface area contributed by atoms with Crippen LogP contribution < -0.4 is 16.2 Å². The lowest BCUT2D eigenvalue weighted by Gasteiger charge is -2.35. The molecule has 1 aliphatic heterocycles. The van der Waals surface area contributed by atoms with Gasteiger partial charge < -0.3 is 10.3 Å². The Morgan fingerprint density at radius 1 is 1.37 bits per heavy atom. The molecule has 0 amide bonds. The van der Waals surface area contributed by atoms with Crippen LogP contribution in [0.5, 0.6) is 0 Å². The molecule has 0 bridgehead atoms. The van der Waals surface area contributed by atoms with Crippen molar-refractivity contribution in [1.29, 1.82) is 0 Å². The number of nitrogen functional groups attached to an aromatic ring is 1. The molecule has 1 aromatic rings. The largest absolute Gasteiger partial charge is 0.352 e. The summed E-state index contributed by atoms with van der Waals surface area (Å²) in [7, 11) is 0. The van der Waals surface area contributed by atoms with E-state index in [9.17, 15) is 0 Å². The minimum absolute atomic E-state index is 0.519. The van der Waals surface area contributed by atoms with Gasteiger partial charge in [-0.05, 0) is 26.7 Å². The predicted molar refractivity (Wildman–Crippen MR) is 80.7 cm³/mol. The third kappa shape index (κ3) is 2.51. The van der Waals surface area contributed by atoms with Crippen molar-refractivity contribution < 1.29 is 0 Å². The summed E-state index contributed by atoms with van der Waals surface area (Å²) in [5, 5.41) is 0. The van der Waals surface area contributed by atoms with E-state index in [0.717, 1.165) is 41.1 Å². The molecule has 0 radical (unpaired) electrons. The standard InChI is InChI=1S/C13H21N5S/c1-8-7-19-6-5-18(8)13-9(2)11(17-14)15-12(16-13)10-3-4-10/h8,10H,3-7,14H2,1-2H3,(H,15,16,17). The number of hydrogen-bond acceptors (Lipinski definition) is 6. The highest BCUT2D eigenvalue weighted by Gasteiger charge is 2.30. The van der Waals surface area contributed by atoms with Crippen LogP contribution in [0.3, 0.4) is 0 Å². The van der Waals surface area contributed by atoms with E-state index < -0.39 is 0 Å². The smallest absolute Gasteiger partial charge is 0.148 e. The highest BCUT2D eigenvalue weighted by atomic mass is 32.2. The molecule has 2 aliphatic rings. The quantitative estimate of drug-likeness (QED) is 0.650. The molecule has 0 aromatic carbocycles. The van der Waals surface area contributed by atoms with Crippen LogP contribution in [-0.4, -0.2) is 34.1 Å². The molecular weight excluding hydrogens is 258 g/mol. The number of aromatic nitrogens is 2. The maximum atomic E-state index is 5.61. The molecule has 3 N–H and O–H groups in total. The zero-order valence-electron chi connectivity index (χ0n) is 11.5. The summed E-state index contributed by atoms with van der Waals surface area (Å²) in [5.74, 6) is 11.3. The van der Waals surface area contributed by atoms with Crippen molar-refractivity contribution in [3.63, 3.8) is 0 Å². The van der Waals surface area contributed by atoms with Gasteiger partial charge >= 0.3 is 0 Å². The molecule has 1 atom stereocenters. The Bertz CT molecular complexity index is 474. The molecule has 2 heterocycles. The van der Waals surface area contributed by atoms with Gasteiger partial charge in [-0.25, -0.2) is 15.8 Å². The average molecular weight is 279 g/mol. The summed E-state index contributed by atoms with van der Waals surface area (Å²) >= 11 is 2.01. The molecule has 1 unspecified atom stereocenters. The third-order valence-electron chi connectivity index (χ3n) is 3.86. The Kier molecular flexibility index (Phi) is 3.54. The van der Waals surface area contributed by atoms with E-state index in [-0.39, 0.29) is 0 Å². The van der Waals surface area contributed by atoms with Gasteiger partial charge in [0.2, 0.25) is 0 Å². The number of hydrogen-bond donors (Lipinski definition) is 2. The normalized spacial score (nSPS) is 23.5. The minimum Gasteiger partial charge on any atom is -0.352 e. The van der Waals surface area contributed by atoms with Crippen molar-refractivity contribution >= 4 is 23.4 Å². The Labute approximate surface area is 118 Å². The summed E-state index contributed by atoms with van der Waals surface area (Å²) in [6.45, 7) is 5.37. The lowest BCUT2D eigenvalue weighted by Crippen LogP contribution is -2.41. The lowest BCUT2D eigenvalue weighted by atomic mass is 10.2. The van der Waals surface area contributed by atoms with Crippen LogP contribution in [0.25, 0.3) is 0 Å². The molecule has 5 nitrogen and oxygen atoms in total. The summed E-state index contributed by atoms with van der Waals surface area (Å²) < 4.78 is 0. The number of nitrogens with zero attached hydrogens (tertiary/aromatic N) is 3. The third-order valence-corrected chi connectivity index (χ3v) is 5.05. The second-order valence-electron chi connectivity index (χ2n) is 5.41. The molecule has 3 rings (SSSR count). The molecule has 1 saturated heterocycles. The van der Waals surface area contributed by atoms with Gasteiger partial charge in [0.15, 0.2) is 0 Å². The maximum absolute atomic E-state index is 5.61. The highest BCUT2D eigenvalue weighted by molar-refractivity contribution is 7.99. The van der Waals surface area contributed by atoms with E-state index in [1.165, 1.54) is 12.8 Å². The second-order valence-corrected chi connectivity index (χ2v) is 6.56. The van der Waals surface area contributed by atoms with E-state index in [0.29, 0.717) is 12.0 Å². The van der Waals surface area contributed by atoms with E-state index in [4.69, 9.17) is 10.8 Å². The molecule has 1 aromatic heterocycles. The number of hydrazine groups is 1. The number of nitrogens with two attached hydrogens (primary N) is 1. The topological polar surface area (TPSA) is 67.1 Å². The van der Waals surface area contributed by atoms with Gasteiger partial charge in [-0.2, -0.15) is 11.8 Å². The highest BCUT2D eigenvalue weighted by Crippen LogP contribution is 2.40. The monoisotopic (exact) mass is 279 g/mol. The van der Waals surface area contributed by atoms with Gasteiger partial charge in [0.25, 0.3) is 0 Å². The summed E-state index contributed by atoms with van der Waals surface area (Å²) in [6, 6.07) is 0.519. The van der Waals surface area contributed by atoms with Crippen molar-refractivity contribution in [1.82, 2.24) is 9.97 Å². The van der Waals surface area contributed by atoms with Gasteiger partial charge in [0.05, 0.1) is 0 Å². The fourth-order valence-corrected chi connectivity index (χ4v) is 3.52. The predicted octanol–water partition coefficient (Wildman–Crippen LogP) is 1.89. The molecule has 1 saturated carbocycles. The summed E-state index contributed by atoms with van der Waals surface area (Å²) in [4.78, 5) is 11.8. The van der Waals surface area contributed by atoms with Crippen molar-refractivity contribution in [3.05, 3.63) is 11.4 Å². The van der Waals surface area contributed by atoms with Crippen LogP contribution in [0.15, 0.2) is 0 Å². The SMILES string of the molecule is Cc1c(NN)nc(C2CC2)nc1N1CCSCC1C. The molecule has 1 aliphatic carbocycles. The van der Waals surface area contributed by atoms with Crippen molar-refractivity contribution in [2.24, 2.45) is 5.84 Å². The molecule has 6 heteroatoms. The molecule has 0 spiro atoms. The Balaban J connectivity index is 2.00. The van der Waals surface area contributed by atoms with Gasteiger partial charge in [-0.15, -0.1) is 0 Å². The zero-order valence-corrected chi connectivity index (χ0v) is 12.3. The summed E-state index contributed by atoms with van der Waals surface area (Å²) in [5.41, 5.74) is 3.79. The lowest BCUT2D eigenvalue weighted by molar-refractivity contribution is 0.681. The fourth-order valence-electron chi connectivity index (χ4n) is 2.51. The van der Waals surface area contributed by atoms with Crippen molar-refractivity contribution in [2.45, 2.75) is 38.6 Å². The summed E-state index contributed by atoms with van der Waals surface area (Å²) in [6.07, 6.45) is 2.41. The van der Waals surface area contributed by atoms with Crippen LogP contribution in [0.2, 0.25) is 0 Å². The van der Waals surface area contributed by atoms with Gasteiger partial charge in [-0.3, -0.25) is 0 Å². The van der Waals surface area contributed by atoms with Gasteiger partial charge in [0, 0.05) is 35.6 Å². The fraction of sp³-hybridized carbons (Fsp3) is 0.692. The Morgan fingerprint density at radius 3 is 2.79 bits per heavy atom. The molecule has 104 valence electrons. The van der Waals surface area contributed by atoms with E-state index in [1.54, 1.807) is 0 Å². The van der Waals surface area contributed by atoms with Crippen LogP contribution in [0.1, 0.15) is 37.1 Å². The molecule has 2 fully saturated rings. The maximum Gasteiger partial charge on any atom is 0.148 e. The van der Waals surface area contributed by atoms with Gasteiger partial charge in [0.1, 0.15) is 17.5 Å². The molecular formula is C13H21N5S. The zero-order chi connectivity index (χ0) is 13.4. The van der Waals surface area contributed by atoms with Crippen molar-refractivity contribution in [3.8, 4) is 0 Å². The van der Waals surface area contributed by atoms with Gasteiger partial charge in [-0.1, -0.05) is 0 Å². The second kappa shape index (κ2) is 5.17. The first-order chi connectivity index (χ1) is 9.20. The van der Waals surface area contributed by atoms with Crippen LogP contribution in [0, 0.1) is 6.92 Å². The number of rotatable bonds is 3. The number of thioether (sulfide) groups is 1. The molecule has 19 heavy (non-hydrogen) atoms.